The smallest absolute Gasteiger partial charge is 0.0276 e. The summed E-state index contributed by atoms with van der Waals surface area (Å²) in [5, 5.41) is 0. The van der Waals surface area contributed by atoms with Crippen molar-refractivity contribution in [3.8, 4) is 0 Å². The van der Waals surface area contributed by atoms with Gasteiger partial charge in [0.05, 0.1) is 0 Å². The second kappa shape index (κ2) is 6.98. The van der Waals surface area contributed by atoms with E-state index in [1.807, 2.05) is 27.7 Å². The first-order chi connectivity index (χ1) is 12.3. The Morgan fingerprint density at radius 1 is 0.840 bits per heavy atom. The Kier molecular flexibility index (Phi) is 5.09. The molecule has 0 amide bonds. The fraction of sp³-hybridized carbons (Fsp3) is 0.520. The van der Waals surface area contributed by atoms with Crippen LogP contribution < -0.4 is 0 Å². The predicted octanol–water partition coefficient (Wildman–Crippen LogP) is 7.18. The summed E-state index contributed by atoms with van der Waals surface area (Å²) in [4.78, 5) is 0. The van der Waals surface area contributed by atoms with Crippen molar-refractivity contribution in [2.75, 3.05) is 0 Å². The van der Waals surface area contributed by atoms with Crippen LogP contribution in [0.1, 0.15) is 64.5 Å². The molecule has 4 unspecified atom stereocenters. The van der Waals surface area contributed by atoms with Gasteiger partial charge in [0, 0.05) is 5.41 Å². The monoisotopic (exact) mass is 334 g/mol. The molecule has 4 aliphatic rings. The Morgan fingerprint density at radius 2 is 1.40 bits per heavy atom. The molecule has 0 heterocycles. The van der Waals surface area contributed by atoms with E-state index in [9.17, 15) is 0 Å². The largest absolute Gasteiger partial charge is 0.0987 e. The molecule has 1 aromatic rings. The third kappa shape index (κ3) is 2.06. The Hall–Kier alpha value is -1.56. The highest BCUT2D eigenvalue weighted by Gasteiger charge is 2.69. The second-order valence-corrected chi connectivity index (χ2v) is 7.35. The number of allylic oxidation sites excluding steroid dienone is 4. The Morgan fingerprint density at radius 3 is 1.84 bits per heavy atom. The third-order valence-electron chi connectivity index (χ3n) is 7.18. The molecular weight excluding hydrogens is 300 g/mol. The van der Waals surface area contributed by atoms with Crippen molar-refractivity contribution >= 4 is 5.57 Å². The summed E-state index contributed by atoms with van der Waals surface area (Å²) in [5.74, 6) is 3.69. The maximum absolute atomic E-state index is 4.20. The van der Waals surface area contributed by atoms with Crippen LogP contribution >= 0.6 is 0 Å². The molecule has 3 saturated carbocycles. The predicted molar refractivity (Wildman–Crippen MR) is 111 cm³/mol. The molecule has 0 nitrogen and oxygen atoms in total. The first-order valence-electron chi connectivity index (χ1n) is 10.4. The summed E-state index contributed by atoms with van der Waals surface area (Å²) in [5.41, 5.74) is 6.17. The minimum Gasteiger partial charge on any atom is -0.0987 e. The van der Waals surface area contributed by atoms with Gasteiger partial charge in [0.15, 0.2) is 0 Å². The van der Waals surface area contributed by atoms with Gasteiger partial charge in [-0.2, -0.15) is 0 Å². The maximum Gasteiger partial charge on any atom is 0.0276 e. The van der Waals surface area contributed by atoms with Gasteiger partial charge in [-0.1, -0.05) is 77.3 Å². The maximum atomic E-state index is 4.20. The minimum atomic E-state index is 0.285. The minimum absolute atomic E-state index is 0.285. The lowest BCUT2D eigenvalue weighted by atomic mass is 9.57. The average molecular weight is 335 g/mol. The summed E-state index contributed by atoms with van der Waals surface area (Å²) >= 11 is 0. The van der Waals surface area contributed by atoms with E-state index in [2.05, 4.69) is 49.6 Å². The SMILES string of the molecule is C=CC1=C(C=C)C2(c3ccccc31)C1CCC1C1CCC12.CC.CC. The number of hydrogen-bond donors (Lipinski definition) is 0. The highest BCUT2D eigenvalue weighted by molar-refractivity contribution is 5.88. The highest BCUT2D eigenvalue weighted by atomic mass is 14.7. The zero-order valence-corrected chi connectivity index (χ0v) is 16.5. The van der Waals surface area contributed by atoms with Crippen LogP contribution in [0.4, 0.5) is 0 Å². The first kappa shape index (κ1) is 18.2. The average Bonchev–Trinajstić information content (AvgIpc) is 2.97. The fourth-order valence-electron chi connectivity index (χ4n) is 6.37. The van der Waals surface area contributed by atoms with Crippen molar-refractivity contribution in [1.29, 1.82) is 0 Å². The highest BCUT2D eigenvalue weighted by Crippen LogP contribution is 2.74. The van der Waals surface area contributed by atoms with E-state index in [-0.39, 0.29) is 5.41 Å². The second-order valence-electron chi connectivity index (χ2n) is 7.35. The molecule has 0 N–H and O–H groups in total. The van der Waals surface area contributed by atoms with Gasteiger partial charge in [-0.15, -0.1) is 0 Å². The van der Waals surface area contributed by atoms with Crippen LogP contribution in [-0.2, 0) is 5.41 Å². The van der Waals surface area contributed by atoms with Gasteiger partial charge in [0.1, 0.15) is 0 Å². The molecule has 0 aliphatic heterocycles. The van der Waals surface area contributed by atoms with Crippen LogP contribution in [0.2, 0.25) is 0 Å². The van der Waals surface area contributed by atoms with E-state index in [0.717, 1.165) is 23.7 Å². The van der Waals surface area contributed by atoms with E-state index < -0.39 is 0 Å². The van der Waals surface area contributed by atoms with Gasteiger partial charge >= 0.3 is 0 Å². The fourth-order valence-corrected chi connectivity index (χ4v) is 6.37. The molecular formula is C25H34. The summed E-state index contributed by atoms with van der Waals surface area (Å²) in [6.07, 6.45) is 9.98. The van der Waals surface area contributed by atoms with Crippen molar-refractivity contribution in [3.05, 3.63) is 66.3 Å². The molecule has 4 aliphatic carbocycles. The lowest BCUT2D eigenvalue weighted by Crippen LogP contribution is -2.42. The molecule has 1 spiro atoms. The van der Waals surface area contributed by atoms with Gasteiger partial charge in [0.25, 0.3) is 0 Å². The normalized spacial score (nSPS) is 35.7. The molecule has 1 aromatic carbocycles. The standard InChI is InChI=1S/C21H22.2C2H6/c1-3-13-14-7-5-6-8-18(14)21(17(13)4-2)19-11-9-15(19)16-10-12-20(16)21;2*1-2/h3-8,15-16,19-20H,1-2,9-12H2;2*1-2H3. The molecule has 134 valence electrons. The van der Waals surface area contributed by atoms with Crippen molar-refractivity contribution in [2.45, 2.75) is 58.8 Å². The summed E-state index contributed by atoms with van der Waals surface area (Å²) in [6.45, 7) is 16.3. The molecule has 0 saturated heterocycles. The zero-order chi connectivity index (χ0) is 18.2. The van der Waals surface area contributed by atoms with Crippen molar-refractivity contribution < 1.29 is 0 Å². The van der Waals surface area contributed by atoms with E-state index in [0.29, 0.717) is 0 Å². The molecule has 3 fully saturated rings. The van der Waals surface area contributed by atoms with Crippen molar-refractivity contribution in [3.63, 3.8) is 0 Å². The topological polar surface area (TPSA) is 0 Å². The number of fused-ring (bicyclic) bond motifs is 7. The van der Waals surface area contributed by atoms with E-state index >= 15 is 0 Å². The van der Waals surface area contributed by atoms with Crippen molar-refractivity contribution in [2.24, 2.45) is 23.7 Å². The lowest BCUT2D eigenvalue weighted by Gasteiger charge is -2.46. The van der Waals surface area contributed by atoms with Crippen LogP contribution in [0.25, 0.3) is 5.57 Å². The van der Waals surface area contributed by atoms with Crippen molar-refractivity contribution in [1.82, 2.24) is 0 Å². The summed E-state index contributed by atoms with van der Waals surface area (Å²) in [6, 6.07) is 9.09. The van der Waals surface area contributed by atoms with Crippen LogP contribution in [0.5, 0.6) is 0 Å². The van der Waals surface area contributed by atoms with E-state index in [1.54, 1.807) is 5.56 Å². The Bertz CT molecular complexity index is 672. The van der Waals surface area contributed by atoms with Gasteiger partial charge in [-0.25, -0.2) is 0 Å². The molecule has 0 bridgehead atoms. The summed E-state index contributed by atoms with van der Waals surface area (Å²) < 4.78 is 0. The van der Waals surface area contributed by atoms with Gasteiger partial charge in [-0.3, -0.25) is 0 Å². The van der Waals surface area contributed by atoms with E-state index in [1.165, 1.54) is 42.4 Å². The molecule has 4 atom stereocenters. The number of rotatable bonds is 2. The third-order valence-corrected chi connectivity index (χ3v) is 7.18. The van der Waals surface area contributed by atoms with Gasteiger partial charge < -0.3 is 0 Å². The van der Waals surface area contributed by atoms with Crippen LogP contribution in [0, 0.1) is 23.7 Å². The Balaban J connectivity index is 0.000000428. The molecule has 5 rings (SSSR count). The first-order valence-corrected chi connectivity index (χ1v) is 10.4. The van der Waals surface area contributed by atoms with Crippen LogP contribution in [0.15, 0.2) is 55.1 Å². The van der Waals surface area contributed by atoms with Crippen LogP contribution in [0.3, 0.4) is 0 Å². The van der Waals surface area contributed by atoms with Gasteiger partial charge in [-0.05, 0) is 71.6 Å². The number of hydrogen-bond acceptors (Lipinski definition) is 0. The van der Waals surface area contributed by atoms with Crippen LogP contribution in [-0.4, -0.2) is 0 Å². The number of benzene rings is 1. The molecule has 0 radical (unpaired) electrons. The molecule has 0 aromatic heterocycles. The molecule has 0 heteroatoms. The van der Waals surface area contributed by atoms with E-state index in [4.69, 9.17) is 0 Å². The lowest BCUT2D eigenvalue weighted by molar-refractivity contribution is 0.115. The molecule has 25 heavy (non-hydrogen) atoms. The van der Waals surface area contributed by atoms with Gasteiger partial charge in [0.2, 0.25) is 0 Å². The quantitative estimate of drug-likeness (QED) is 0.537. The zero-order valence-electron chi connectivity index (χ0n) is 16.5. The summed E-state index contributed by atoms with van der Waals surface area (Å²) in [7, 11) is 0. The Labute approximate surface area is 154 Å².